The van der Waals surface area contributed by atoms with Crippen molar-refractivity contribution in [3.63, 3.8) is 0 Å². The fourth-order valence-corrected chi connectivity index (χ4v) is 2.67. The zero-order valence-electron chi connectivity index (χ0n) is 12.6. The third kappa shape index (κ3) is 4.56. The Morgan fingerprint density at radius 2 is 1.91 bits per heavy atom. The monoisotopic (exact) mass is 375 g/mol. The molecule has 0 unspecified atom stereocenters. The number of hydrogen-bond donors (Lipinski definition) is 1. The van der Waals surface area contributed by atoms with Crippen molar-refractivity contribution in [1.29, 1.82) is 0 Å². The lowest BCUT2D eigenvalue weighted by atomic mass is 10.2. The van der Waals surface area contributed by atoms with Crippen LogP contribution in [-0.4, -0.2) is 25.2 Å². The lowest BCUT2D eigenvalue weighted by Crippen LogP contribution is -2.16. The van der Waals surface area contributed by atoms with Crippen molar-refractivity contribution in [3.05, 3.63) is 58.6 Å². The molecule has 1 aliphatic rings. The van der Waals surface area contributed by atoms with E-state index in [0.29, 0.717) is 12.2 Å². The number of rotatable bonds is 5. The van der Waals surface area contributed by atoms with E-state index >= 15 is 0 Å². The minimum absolute atomic E-state index is 0.141. The Labute approximate surface area is 143 Å². The summed E-state index contributed by atoms with van der Waals surface area (Å²) < 4.78 is 12.2. The number of halogens is 1. The molecule has 4 nitrogen and oxygen atoms in total. The largest absolute Gasteiger partial charge is 0.491 e. The van der Waals surface area contributed by atoms with Crippen molar-refractivity contribution in [1.82, 2.24) is 0 Å². The van der Waals surface area contributed by atoms with Gasteiger partial charge in [-0.3, -0.25) is 4.79 Å². The first-order valence-corrected chi connectivity index (χ1v) is 8.41. The third-order valence-electron chi connectivity index (χ3n) is 3.68. The van der Waals surface area contributed by atoms with Crippen LogP contribution in [0, 0.1) is 0 Å². The number of carbonyl (C=O) groups is 1. The van der Waals surface area contributed by atoms with Gasteiger partial charge in [-0.05, 0) is 61.4 Å². The SMILES string of the molecule is O=C(Nc1ccc(Br)cc1)c1ccc(OC[C@@H]2CCCO2)cc1. The van der Waals surface area contributed by atoms with Crippen LogP contribution in [0.1, 0.15) is 23.2 Å². The number of carbonyl (C=O) groups excluding carboxylic acids is 1. The van der Waals surface area contributed by atoms with Crippen molar-refractivity contribution in [2.24, 2.45) is 0 Å². The molecule has 2 aromatic rings. The predicted octanol–water partition coefficient (Wildman–Crippen LogP) is 4.26. The lowest BCUT2D eigenvalue weighted by molar-refractivity contribution is 0.0679. The molecule has 1 heterocycles. The molecule has 1 aliphatic heterocycles. The maximum absolute atomic E-state index is 12.2. The maximum Gasteiger partial charge on any atom is 0.255 e. The van der Waals surface area contributed by atoms with E-state index in [-0.39, 0.29) is 12.0 Å². The molecule has 1 N–H and O–H groups in total. The van der Waals surface area contributed by atoms with Gasteiger partial charge in [-0.25, -0.2) is 0 Å². The number of anilines is 1. The zero-order valence-corrected chi connectivity index (χ0v) is 14.2. The van der Waals surface area contributed by atoms with Gasteiger partial charge in [0.2, 0.25) is 0 Å². The van der Waals surface area contributed by atoms with E-state index in [0.717, 1.165) is 35.4 Å². The number of nitrogens with one attached hydrogen (secondary N) is 1. The van der Waals surface area contributed by atoms with Crippen LogP contribution in [0.2, 0.25) is 0 Å². The highest BCUT2D eigenvalue weighted by molar-refractivity contribution is 9.10. The van der Waals surface area contributed by atoms with E-state index in [2.05, 4.69) is 21.2 Å². The molecule has 2 aromatic carbocycles. The fourth-order valence-electron chi connectivity index (χ4n) is 2.40. The second kappa shape index (κ2) is 7.62. The van der Waals surface area contributed by atoms with Crippen molar-refractivity contribution < 1.29 is 14.3 Å². The first kappa shape index (κ1) is 16.0. The standard InChI is InChI=1S/C18H18BrNO3/c19-14-5-7-15(8-6-14)20-18(21)13-3-9-16(10-4-13)23-12-17-2-1-11-22-17/h3-10,17H,1-2,11-12H2,(H,20,21)/t17-/m0/s1. The van der Waals surface area contributed by atoms with Crippen molar-refractivity contribution in [2.45, 2.75) is 18.9 Å². The zero-order chi connectivity index (χ0) is 16.1. The Kier molecular flexibility index (Phi) is 5.31. The highest BCUT2D eigenvalue weighted by Crippen LogP contribution is 2.18. The average molecular weight is 376 g/mol. The quantitative estimate of drug-likeness (QED) is 0.848. The molecule has 0 radical (unpaired) electrons. The average Bonchev–Trinajstić information content (AvgIpc) is 3.09. The molecule has 0 spiro atoms. The first-order valence-electron chi connectivity index (χ1n) is 7.62. The minimum atomic E-state index is -0.141. The molecule has 0 aromatic heterocycles. The number of benzene rings is 2. The Bertz CT molecular complexity index is 649. The Hall–Kier alpha value is -1.85. The van der Waals surface area contributed by atoms with Crippen molar-refractivity contribution in [2.75, 3.05) is 18.5 Å². The normalized spacial score (nSPS) is 17.0. The summed E-state index contributed by atoms with van der Waals surface area (Å²) in [4.78, 5) is 12.2. The molecule has 0 bridgehead atoms. The Morgan fingerprint density at radius 1 is 1.17 bits per heavy atom. The summed E-state index contributed by atoms with van der Waals surface area (Å²) >= 11 is 3.37. The van der Waals surface area contributed by atoms with Gasteiger partial charge in [-0.2, -0.15) is 0 Å². The van der Waals surface area contributed by atoms with Crippen LogP contribution in [0.5, 0.6) is 5.75 Å². The molecule has 1 saturated heterocycles. The molecule has 23 heavy (non-hydrogen) atoms. The smallest absolute Gasteiger partial charge is 0.255 e. The lowest BCUT2D eigenvalue weighted by Gasteiger charge is -2.11. The molecule has 3 rings (SSSR count). The summed E-state index contributed by atoms with van der Waals surface area (Å²) in [5, 5.41) is 2.86. The van der Waals surface area contributed by atoms with E-state index in [9.17, 15) is 4.79 Å². The topological polar surface area (TPSA) is 47.6 Å². The van der Waals surface area contributed by atoms with Crippen LogP contribution in [0.25, 0.3) is 0 Å². The second-order valence-electron chi connectivity index (χ2n) is 5.43. The van der Waals surface area contributed by atoms with Crippen molar-refractivity contribution in [3.8, 4) is 5.75 Å². The molecule has 1 amide bonds. The van der Waals surface area contributed by atoms with E-state index in [1.165, 1.54) is 0 Å². The Morgan fingerprint density at radius 3 is 2.57 bits per heavy atom. The number of hydrogen-bond acceptors (Lipinski definition) is 3. The first-order chi connectivity index (χ1) is 11.2. The summed E-state index contributed by atoms with van der Waals surface area (Å²) in [6, 6.07) is 14.6. The van der Waals surface area contributed by atoms with E-state index in [4.69, 9.17) is 9.47 Å². The summed E-state index contributed by atoms with van der Waals surface area (Å²) in [7, 11) is 0. The van der Waals surface area contributed by atoms with E-state index in [1.54, 1.807) is 12.1 Å². The van der Waals surface area contributed by atoms with Crippen LogP contribution in [-0.2, 0) is 4.74 Å². The van der Waals surface area contributed by atoms with Gasteiger partial charge in [0.05, 0.1) is 6.10 Å². The van der Waals surface area contributed by atoms with Crippen molar-refractivity contribution >= 4 is 27.5 Å². The van der Waals surface area contributed by atoms with Gasteiger partial charge in [0.1, 0.15) is 12.4 Å². The molecule has 5 heteroatoms. The molecule has 1 fully saturated rings. The molecule has 1 atom stereocenters. The van der Waals surface area contributed by atoms with Crippen LogP contribution in [0.3, 0.4) is 0 Å². The Balaban J connectivity index is 1.55. The molecular weight excluding hydrogens is 358 g/mol. The van der Waals surface area contributed by atoms with Crippen LogP contribution in [0.15, 0.2) is 53.0 Å². The minimum Gasteiger partial charge on any atom is -0.491 e. The van der Waals surface area contributed by atoms with Crippen LogP contribution >= 0.6 is 15.9 Å². The second-order valence-corrected chi connectivity index (χ2v) is 6.35. The summed E-state index contributed by atoms with van der Waals surface area (Å²) in [5.74, 6) is 0.610. The van der Waals surface area contributed by atoms with Gasteiger partial charge >= 0.3 is 0 Å². The van der Waals surface area contributed by atoms with Gasteiger partial charge in [-0.15, -0.1) is 0 Å². The van der Waals surface area contributed by atoms with Gasteiger partial charge in [0, 0.05) is 22.3 Å². The molecule has 120 valence electrons. The summed E-state index contributed by atoms with van der Waals surface area (Å²) in [5.41, 5.74) is 1.36. The van der Waals surface area contributed by atoms with Crippen LogP contribution < -0.4 is 10.1 Å². The van der Waals surface area contributed by atoms with Gasteiger partial charge in [0.25, 0.3) is 5.91 Å². The summed E-state index contributed by atoms with van der Waals surface area (Å²) in [6.07, 6.45) is 2.34. The van der Waals surface area contributed by atoms with Gasteiger partial charge in [0.15, 0.2) is 0 Å². The summed E-state index contributed by atoms with van der Waals surface area (Å²) in [6.45, 7) is 1.38. The molecular formula is C18H18BrNO3. The van der Waals surface area contributed by atoms with Crippen LogP contribution in [0.4, 0.5) is 5.69 Å². The van der Waals surface area contributed by atoms with Gasteiger partial charge < -0.3 is 14.8 Å². The molecule has 0 aliphatic carbocycles. The van der Waals surface area contributed by atoms with E-state index in [1.807, 2.05) is 36.4 Å². The fraction of sp³-hybridized carbons (Fsp3) is 0.278. The predicted molar refractivity (Wildman–Crippen MR) is 93.0 cm³/mol. The number of ether oxygens (including phenoxy) is 2. The van der Waals surface area contributed by atoms with E-state index < -0.39 is 0 Å². The molecule has 0 saturated carbocycles. The highest BCUT2D eigenvalue weighted by Gasteiger charge is 2.16. The number of amides is 1. The third-order valence-corrected chi connectivity index (χ3v) is 4.21. The highest BCUT2D eigenvalue weighted by atomic mass is 79.9. The maximum atomic E-state index is 12.2. The van der Waals surface area contributed by atoms with Gasteiger partial charge in [-0.1, -0.05) is 15.9 Å².